The summed E-state index contributed by atoms with van der Waals surface area (Å²) < 4.78 is 27.3. The lowest BCUT2D eigenvalue weighted by Crippen LogP contribution is -2.12. The van der Waals surface area contributed by atoms with Gasteiger partial charge in [-0.2, -0.15) is 0 Å². The van der Waals surface area contributed by atoms with Gasteiger partial charge in [-0.05, 0) is 60.4 Å². The molecule has 3 rings (SSSR count). The zero-order chi connectivity index (χ0) is 14.3. The third-order valence-corrected chi connectivity index (χ3v) is 4.42. The fourth-order valence-corrected chi connectivity index (χ4v) is 3.09. The zero-order valence-corrected chi connectivity index (χ0v) is 12.1. The average molecular weight is 337 g/mol. The van der Waals surface area contributed by atoms with Crippen LogP contribution in [0.25, 0.3) is 0 Å². The van der Waals surface area contributed by atoms with Crippen LogP contribution in [0.2, 0.25) is 0 Å². The summed E-state index contributed by atoms with van der Waals surface area (Å²) in [5.74, 6) is -0.887. The molecular formula is C16H11BrF2O. The highest BCUT2D eigenvalue weighted by atomic mass is 79.9. The molecule has 0 aromatic heterocycles. The topological polar surface area (TPSA) is 17.1 Å². The first kappa shape index (κ1) is 13.4. The van der Waals surface area contributed by atoms with E-state index >= 15 is 0 Å². The number of fused-ring (bicyclic) bond motifs is 1. The maximum atomic E-state index is 13.3. The van der Waals surface area contributed by atoms with E-state index in [1.165, 1.54) is 30.3 Å². The molecule has 0 N–H and O–H groups in total. The van der Waals surface area contributed by atoms with Crippen LogP contribution < -0.4 is 0 Å². The second-order valence-electron chi connectivity index (χ2n) is 5.01. The summed E-state index contributed by atoms with van der Waals surface area (Å²) in [7, 11) is 0. The quantitative estimate of drug-likeness (QED) is 0.797. The van der Waals surface area contributed by atoms with Crippen molar-refractivity contribution >= 4 is 21.7 Å². The van der Waals surface area contributed by atoms with Crippen molar-refractivity contribution in [3.8, 4) is 0 Å². The summed E-state index contributed by atoms with van der Waals surface area (Å²) in [6.45, 7) is 0. The van der Waals surface area contributed by atoms with Gasteiger partial charge in [0.2, 0.25) is 0 Å². The number of hydrogen-bond donors (Lipinski definition) is 0. The van der Waals surface area contributed by atoms with Crippen LogP contribution in [0.3, 0.4) is 0 Å². The van der Waals surface area contributed by atoms with Crippen molar-refractivity contribution in [1.29, 1.82) is 0 Å². The fraction of sp³-hybridized carbons (Fsp3) is 0.188. The van der Waals surface area contributed by atoms with E-state index in [2.05, 4.69) is 15.9 Å². The molecule has 0 fully saturated rings. The summed E-state index contributed by atoms with van der Waals surface area (Å²) >= 11 is 3.37. The second kappa shape index (κ2) is 5.09. The van der Waals surface area contributed by atoms with Crippen molar-refractivity contribution in [3.63, 3.8) is 0 Å². The molecular weight excluding hydrogens is 326 g/mol. The number of rotatable bonds is 2. The molecule has 0 radical (unpaired) electrons. The molecule has 0 saturated heterocycles. The number of Topliss-reactive ketones (excluding diaryl/α,β-unsaturated/α-hetero) is 1. The number of hydrogen-bond acceptors (Lipinski definition) is 1. The van der Waals surface area contributed by atoms with Gasteiger partial charge in [0.25, 0.3) is 0 Å². The predicted molar refractivity (Wildman–Crippen MR) is 75.7 cm³/mol. The Bertz CT molecular complexity index is 697. The number of halogens is 3. The molecule has 1 atom stereocenters. The van der Waals surface area contributed by atoms with Crippen molar-refractivity contribution in [3.05, 3.63) is 69.2 Å². The Hall–Kier alpha value is -1.55. The van der Waals surface area contributed by atoms with Crippen LogP contribution in [-0.4, -0.2) is 5.78 Å². The van der Waals surface area contributed by atoms with Crippen molar-refractivity contribution in [2.75, 3.05) is 0 Å². The Kier molecular flexibility index (Phi) is 3.42. The Morgan fingerprint density at radius 1 is 1.10 bits per heavy atom. The lowest BCUT2D eigenvalue weighted by Gasteiger charge is -2.10. The van der Waals surface area contributed by atoms with Gasteiger partial charge in [-0.25, -0.2) is 8.78 Å². The van der Waals surface area contributed by atoms with E-state index < -0.39 is 0 Å². The van der Waals surface area contributed by atoms with Gasteiger partial charge >= 0.3 is 0 Å². The molecule has 1 unspecified atom stereocenters. The maximum Gasteiger partial charge on any atom is 0.166 e. The largest absolute Gasteiger partial charge is 0.294 e. The molecule has 1 nitrogen and oxygen atoms in total. The van der Waals surface area contributed by atoms with Crippen molar-refractivity contribution < 1.29 is 13.6 Å². The van der Waals surface area contributed by atoms with Crippen LogP contribution in [0.5, 0.6) is 0 Å². The molecule has 0 bridgehead atoms. The highest BCUT2D eigenvalue weighted by molar-refractivity contribution is 9.10. The van der Waals surface area contributed by atoms with Crippen molar-refractivity contribution in [2.24, 2.45) is 5.92 Å². The van der Waals surface area contributed by atoms with E-state index in [1.807, 2.05) is 0 Å². The van der Waals surface area contributed by atoms with E-state index in [0.717, 1.165) is 15.6 Å². The van der Waals surface area contributed by atoms with Gasteiger partial charge in [-0.15, -0.1) is 0 Å². The smallest absolute Gasteiger partial charge is 0.166 e. The van der Waals surface area contributed by atoms with E-state index in [-0.39, 0.29) is 23.3 Å². The molecule has 20 heavy (non-hydrogen) atoms. The molecule has 2 aromatic rings. The van der Waals surface area contributed by atoms with E-state index in [0.29, 0.717) is 18.4 Å². The number of ketones is 1. The fourth-order valence-electron chi connectivity index (χ4n) is 2.68. The minimum atomic E-state index is -0.330. The number of carbonyl (C=O) groups is 1. The Labute approximate surface area is 123 Å². The van der Waals surface area contributed by atoms with Gasteiger partial charge in [0.05, 0.1) is 0 Å². The van der Waals surface area contributed by atoms with E-state index in [9.17, 15) is 13.6 Å². The molecule has 0 aliphatic heterocycles. The monoisotopic (exact) mass is 336 g/mol. The summed E-state index contributed by atoms with van der Waals surface area (Å²) in [6, 6.07) is 8.69. The second-order valence-corrected chi connectivity index (χ2v) is 5.86. The minimum Gasteiger partial charge on any atom is -0.294 e. The first-order valence-corrected chi connectivity index (χ1v) is 7.10. The normalized spacial score (nSPS) is 17.4. The van der Waals surface area contributed by atoms with Crippen molar-refractivity contribution in [1.82, 2.24) is 0 Å². The average Bonchev–Trinajstić information content (AvgIpc) is 2.70. The maximum absolute atomic E-state index is 13.3. The van der Waals surface area contributed by atoms with Crippen LogP contribution >= 0.6 is 15.9 Å². The Morgan fingerprint density at radius 3 is 2.60 bits per heavy atom. The Balaban J connectivity index is 1.87. The molecule has 0 spiro atoms. The third-order valence-electron chi connectivity index (χ3n) is 3.64. The van der Waals surface area contributed by atoms with Gasteiger partial charge in [0.1, 0.15) is 11.6 Å². The summed E-state index contributed by atoms with van der Waals surface area (Å²) in [6.07, 6.45) is 0.961. The molecule has 0 heterocycles. The molecule has 0 saturated carbocycles. The lowest BCUT2D eigenvalue weighted by atomic mass is 9.96. The zero-order valence-electron chi connectivity index (χ0n) is 10.5. The highest BCUT2D eigenvalue weighted by Crippen LogP contribution is 2.31. The molecule has 2 aromatic carbocycles. The van der Waals surface area contributed by atoms with Gasteiger partial charge in [-0.3, -0.25) is 4.79 Å². The lowest BCUT2D eigenvalue weighted by molar-refractivity contribution is 0.0936. The standard InChI is InChI=1S/C16H11BrF2O/c17-15-4-2-13(19)8-10(15)6-11-5-9-7-12(18)1-3-14(9)16(11)20/h1-4,7-8,11H,5-6H2. The summed E-state index contributed by atoms with van der Waals surface area (Å²) in [5.41, 5.74) is 2.09. The molecule has 1 aliphatic carbocycles. The molecule has 102 valence electrons. The minimum absolute atomic E-state index is 0.0103. The van der Waals surface area contributed by atoms with Crippen LogP contribution in [0.4, 0.5) is 8.78 Å². The number of benzene rings is 2. The van der Waals surface area contributed by atoms with Crippen LogP contribution in [0.15, 0.2) is 40.9 Å². The van der Waals surface area contributed by atoms with E-state index in [4.69, 9.17) is 0 Å². The Morgan fingerprint density at radius 2 is 1.80 bits per heavy atom. The van der Waals surface area contributed by atoms with Crippen LogP contribution in [-0.2, 0) is 12.8 Å². The third kappa shape index (κ3) is 2.40. The molecule has 0 amide bonds. The van der Waals surface area contributed by atoms with Gasteiger partial charge < -0.3 is 0 Å². The molecule has 4 heteroatoms. The summed E-state index contributed by atoms with van der Waals surface area (Å²) in [4.78, 5) is 12.3. The van der Waals surface area contributed by atoms with Gasteiger partial charge in [-0.1, -0.05) is 15.9 Å². The van der Waals surface area contributed by atoms with E-state index in [1.54, 1.807) is 6.07 Å². The number of carbonyl (C=O) groups excluding carboxylic acids is 1. The van der Waals surface area contributed by atoms with Crippen LogP contribution in [0, 0.1) is 17.6 Å². The van der Waals surface area contributed by atoms with Crippen LogP contribution in [0.1, 0.15) is 21.5 Å². The first-order chi connectivity index (χ1) is 9.54. The predicted octanol–water partition coefficient (Wildman–Crippen LogP) is 4.33. The summed E-state index contributed by atoms with van der Waals surface area (Å²) in [5, 5.41) is 0. The SMILES string of the molecule is O=C1c2ccc(F)cc2CC1Cc1cc(F)ccc1Br. The van der Waals surface area contributed by atoms with Gasteiger partial charge in [0, 0.05) is 16.0 Å². The first-order valence-electron chi connectivity index (χ1n) is 6.31. The molecule has 1 aliphatic rings. The van der Waals surface area contributed by atoms with Crippen molar-refractivity contribution in [2.45, 2.75) is 12.8 Å². The highest BCUT2D eigenvalue weighted by Gasteiger charge is 2.31. The van der Waals surface area contributed by atoms with Gasteiger partial charge in [0.15, 0.2) is 5.78 Å².